The van der Waals surface area contributed by atoms with E-state index in [1.165, 1.54) is 0 Å². The third-order valence-electron chi connectivity index (χ3n) is 5.18. The Bertz CT molecular complexity index is 493. The molecule has 0 spiro atoms. The number of nitrogens with zero attached hydrogens (tertiary/aromatic N) is 1. The highest BCUT2D eigenvalue weighted by Crippen LogP contribution is 2.52. The maximum absolute atomic E-state index is 12.3. The number of nitrogens with one attached hydrogen (secondary N) is 2. The van der Waals surface area contributed by atoms with Crippen LogP contribution in [0.5, 0.6) is 0 Å². The van der Waals surface area contributed by atoms with Gasteiger partial charge in [0.2, 0.25) is 5.91 Å². The molecule has 1 aliphatic rings. The number of aryl methyl sites for hydroxylation is 1. The lowest BCUT2D eigenvalue weighted by Gasteiger charge is -2.59. The van der Waals surface area contributed by atoms with E-state index in [1.807, 2.05) is 13.0 Å². The lowest BCUT2D eigenvalue weighted by atomic mass is 9.53. The zero-order chi connectivity index (χ0) is 15.6. The molecule has 1 aromatic heterocycles. The quantitative estimate of drug-likeness (QED) is 0.845. The van der Waals surface area contributed by atoms with E-state index in [4.69, 9.17) is 4.74 Å². The van der Waals surface area contributed by atoms with Crippen LogP contribution in [-0.2, 0) is 16.0 Å². The van der Waals surface area contributed by atoms with Gasteiger partial charge in [-0.05, 0) is 25.8 Å². The Kier molecular flexibility index (Phi) is 4.71. The summed E-state index contributed by atoms with van der Waals surface area (Å²) < 4.78 is 5.66. The summed E-state index contributed by atoms with van der Waals surface area (Å²) in [7, 11) is 1.77. The number of hydrogen-bond donors (Lipinski definition) is 2. The molecule has 5 nitrogen and oxygen atoms in total. The van der Waals surface area contributed by atoms with Crippen LogP contribution in [0.2, 0.25) is 0 Å². The fourth-order valence-electron chi connectivity index (χ4n) is 4.05. The van der Waals surface area contributed by atoms with Gasteiger partial charge in [0.15, 0.2) is 0 Å². The third kappa shape index (κ3) is 2.71. The van der Waals surface area contributed by atoms with E-state index < -0.39 is 0 Å². The number of amides is 1. The third-order valence-corrected chi connectivity index (χ3v) is 5.18. The molecule has 1 aliphatic carbocycles. The number of carbonyl (C=O) groups excluding carboxylic acids is 1. The van der Waals surface area contributed by atoms with Crippen molar-refractivity contribution in [2.75, 3.05) is 7.11 Å². The number of carbonyl (C=O) groups is 1. The summed E-state index contributed by atoms with van der Waals surface area (Å²) in [4.78, 5) is 12.3. The van der Waals surface area contributed by atoms with Gasteiger partial charge < -0.3 is 10.1 Å². The second kappa shape index (κ2) is 6.18. The summed E-state index contributed by atoms with van der Waals surface area (Å²) in [6.45, 7) is 8.45. The van der Waals surface area contributed by atoms with E-state index in [0.29, 0.717) is 12.3 Å². The number of aromatic amines is 1. The first-order chi connectivity index (χ1) is 9.98. The number of rotatable bonds is 6. The fraction of sp³-hybridized carbons (Fsp3) is 0.750. The number of hydrogen-bond acceptors (Lipinski definition) is 3. The van der Waals surface area contributed by atoms with Crippen LogP contribution in [0.1, 0.15) is 45.0 Å². The van der Waals surface area contributed by atoms with Gasteiger partial charge in [-0.1, -0.05) is 20.8 Å². The molecule has 0 radical (unpaired) electrons. The van der Waals surface area contributed by atoms with E-state index in [2.05, 4.69) is 36.3 Å². The molecule has 2 rings (SSSR count). The zero-order valence-corrected chi connectivity index (χ0v) is 13.7. The second-order valence-electron chi connectivity index (χ2n) is 6.22. The van der Waals surface area contributed by atoms with Gasteiger partial charge in [0.25, 0.3) is 0 Å². The van der Waals surface area contributed by atoms with Crippen LogP contribution >= 0.6 is 0 Å². The van der Waals surface area contributed by atoms with Crippen LogP contribution in [0.3, 0.4) is 0 Å². The van der Waals surface area contributed by atoms with Crippen molar-refractivity contribution >= 4 is 5.91 Å². The molecule has 1 fully saturated rings. The Balaban J connectivity index is 2.02. The molecule has 1 aromatic rings. The summed E-state index contributed by atoms with van der Waals surface area (Å²) in [6, 6.07) is 2.10. The molecule has 5 heteroatoms. The van der Waals surface area contributed by atoms with Gasteiger partial charge in [-0.3, -0.25) is 9.89 Å². The van der Waals surface area contributed by atoms with Crippen LogP contribution < -0.4 is 5.32 Å². The lowest BCUT2D eigenvalue weighted by Crippen LogP contribution is -2.70. The predicted octanol–water partition coefficient (Wildman–Crippen LogP) is 2.22. The summed E-state index contributed by atoms with van der Waals surface area (Å²) in [5.74, 6) is 0.388. The van der Waals surface area contributed by atoms with Crippen molar-refractivity contribution < 1.29 is 9.53 Å². The molecular formula is C16H27N3O2. The molecule has 1 heterocycles. The predicted molar refractivity (Wildman–Crippen MR) is 81.9 cm³/mol. The van der Waals surface area contributed by atoms with Gasteiger partial charge in [0.05, 0.1) is 18.2 Å². The van der Waals surface area contributed by atoms with Crippen molar-refractivity contribution in [1.29, 1.82) is 0 Å². The standard InChI is InChI=1S/C16H27N3O2/c1-6-16(7-2)14(11(4)15(16)21-5)17-13(20)9-12-8-10(3)18-19-12/h8,11,14-15H,6-7,9H2,1-5H3,(H,17,20)(H,18,19)/t11-,14-,15-/m1/s1. The molecule has 0 bridgehead atoms. The first kappa shape index (κ1) is 16.0. The molecule has 0 unspecified atom stereocenters. The SMILES string of the molecule is CCC1(CC)[C@H](NC(=O)Cc2cc(C)[nH]n2)[C@@H](C)[C@H]1OC. The maximum Gasteiger partial charge on any atom is 0.226 e. The molecule has 2 N–H and O–H groups in total. The molecule has 118 valence electrons. The van der Waals surface area contributed by atoms with Crippen molar-refractivity contribution in [3.05, 3.63) is 17.5 Å². The van der Waals surface area contributed by atoms with E-state index >= 15 is 0 Å². The van der Waals surface area contributed by atoms with Crippen LogP contribution in [0.25, 0.3) is 0 Å². The monoisotopic (exact) mass is 293 g/mol. The maximum atomic E-state index is 12.3. The lowest BCUT2D eigenvalue weighted by molar-refractivity contribution is -0.172. The van der Waals surface area contributed by atoms with Gasteiger partial charge in [-0.15, -0.1) is 0 Å². The van der Waals surface area contributed by atoms with E-state index in [9.17, 15) is 4.79 Å². The summed E-state index contributed by atoms with van der Waals surface area (Å²) in [5.41, 5.74) is 1.83. The Labute approximate surface area is 126 Å². The Morgan fingerprint density at radius 2 is 2.14 bits per heavy atom. The second-order valence-corrected chi connectivity index (χ2v) is 6.22. The fourth-order valence-corrected chi connectivity index (χ4v) is 4.05. The van der Waals surface area contributed by atoms with Crippen LogP contribution in [0.15, 0.2) is 6.07 Å². The van der Waals surface area contributed by atoms with Crippen molar-refractivity contribution in [2.24, 2.45) is 11.3 Å². The Morgan fingerprint density at radius 1 is 1.48 bits per heavy atom. The summed E-state index contributed by atoms with van der Waals surface area (Å²) in [5, 5.41) is 10.2. The minimum Gasteiger partial charge on any atom is -0.380 e. The van der Waals surface area contributed by atoms with Gasteiger partial charge in [-0.25, -0.2) is 0 Å². The minimum absolute atomic E-state index is 0.0409. The first-order valence-electron chi connectivity index (χ1n) is 7.81. The number of aromatic nitrogens is 2. The van der Waals surface area contributed by atoms with Crippen molar-refractivity contribution in [2.45, 2.75) is 59.1 Å². The van der Waals surface area contributed by atoms with E-state index in [1.54, 1.807) is 7.11 Å². The average Bonchev–Trinajstić information content (AvgIpc) is 2.86. The largest absolute Gasteiger partial charge is 0.380 e. The Hall–Kier alpha value is -1.36. The molecule has 0 saturated heterocycles. The van der Waals surface area contributed by atoms with Crippen molar-refractivity contribution in [1.82, 2.24) is 15.5 Å². The number of methoxy groups -OCH3 is 1. The number of ether oxygens (including phenoxy) is 1. The first-order valence-corrected chi connectivity index (χ1v) is 7.81. The molecule has 21 heavy (non-hydrogen) atoms. The Morgan fingerprint density at radius 3 is 2.62 bits per heavy atom. The highest BCUT2D eigenvalue weighted by atomic mass is 16.5. The van der Waals surface area contributed by atoms with Crippen LogP contribution in [-0.4, -0.2) is 35.4 Å². The normalized spacial score (nSPS) is 27.2. The summed E-state index contributed by atoms with van der Waals surface area (Å²) >= 11 is 0. The van der Waals surface area contributed by atoms with E-state index in [0.717, 1.165) is 24.2 Å². The molecular weight excluding hydrogens is 266 g/mol. The molecule has 0 aromatic carbocycles. The van der Waals surface area contributed by atoms with Crippen LogP contribution in [0.4, 0.5) is 0 Å². The van der Waals surface area contributed by atoms with E-state index in [-0.39, 0.29) is 23.5 Å². The van der Waals surface area contributed by atoms with Gasteiger partial charge in [0, 0.05) is 30.2 Å². The highest BCUT2D eigenvalue weighted by molar-refractivity contribution is 5.78. The highest BCUT2D eigenvalue weighted by Gasteiger charge is 2.58. The van der Waals surface area contributed by atoms with Crippen LogP contribution in [0, 0.1) is 18.3 Å². The van der Waals surface area contributed by atoms with Crippen molar-refractivity contribution in [3.8, 4) is 0 Å². The smallest absolute Gasteiger partial charge is 0.226 e. The number of H-pyrrole nitrogens is 1. The summed E-state index contributed by atoms with van der Waals surface area (Å²) in [6.07, 6.45) is 2.58. The molecule has 1 saturated carbocycles. The average molecular weight is 293 g/mol. The van der Waals surface area contributed by atoms with Crippen molar-refractivity contribution in [3.63, 3.8) is 0 Å². The van der Waals surface area contributed by atoms with Gasteiger partial charge in [-0.2, -0.15) is 5.10 Å². The minimum atomic E-state index is 0.0409. The van der Waals surface area contributed by atoms with Gasteiger partial charge >= 0.3 is 0 Å². The molecule has 0 aliphatic heterocycles. The molecule has 3 atom stereocenters. The topological polar surface area (TPSA) is 67.0 Å². The van der Waals surface area contributed by atoms with Gasteiger partial charge in [0.1, 0.15) is 0 Å². The molecule has 1 amide bonds. The zero-order valence-electron chi connectivity index (χ0n) is 13.7.